The monoisotopic (exact) mass is 262 g/mol. The van der Waals surface area contributed by atoms with Gasteiger partial charge in [0.2, 0.25) is 5.95 Å². The van der Waals surface area contributed by atoms with Gasteiger partial charge in [-0.2, -0.15) is 4.98 Å². The van der Waals surface area contributed by atoms with Crippen LogP contribution < -0.4 is 10.6 Å². The van der Waals surface area contributed by atoms with E-state index < -0.39 is 0 Å². The summed E-state index contributed by atoms with van der Waals surface area (Å²) in [6.07, 6.45) is 6.51. The molecular formula is C13H18N4S. The molecule has 0 unspecified atom stereocenters. The molecule has 0 radical (unpaired) electrons. The molecule has 1 saturated heterocycles. The number of thiophene rings is 1. The van der Waals surface area contributed by atoms with Crippen molar-refractivity contribution in [1.82, 2.24) is 9.97 Å². The fraction of sp³-hybridized carbons (Fsp3) is 0.538. The van der Waals surface area contributed by atoms with E-state index in [1.807, 2.05) is 0 Å². The van der Waals surface area contributed by atoms with E-state index in [-0.39, 0.29) is 0 Å². The zero-order valence-electron chi connectivity index (χ0n) is 10.4. The van der Waals surface area contributed by atoms with Crippen LogP contribution in [0.3, 0.4) is 0 Å². The van der Waals surface area contributed by atoms with Crippen LogP contribution in [0.1, 0.15) is 32.1 Å². The summed E-state index contributed by atoms with van der Waals surface area (Å²) >= 11 is 1.63. The van der Waals surface area contributed by atoms with Crippen LogP contribution in [0.15, 0.2) is 11.4 Å². The highest BCUT2D eigenvalue weighted by Gasteiger charge is 2.15. The Morgan fingerprint density at radius 3 is 2.56 bits per heavy atom. The van der Waals surface area contributed by atoms with Gasteiger partial charge in [-0.25, -0.2) is 4.98 Å². The summed E-state index contributed by atoms with van der Waals surface area (Å²) in [6, 6.07) is 2.10. The van der Waals surface area contributed by atoms with Crippen LogP contribution in [-0.2, 0) is 0 Å². The van der Waals surface area contributed by atoms with Crippen LogP contribution in [0.4, 0.5) is 11.8 Å². The minimum Gasteiger partial charge on any atom is -0.368 e. The molecule has 0 amide bonds. The van der Waals surface area contributed by atoms with Crippen molar-refractivity contribution in [3.63, 3.8) is 0 Å². The minimum absolute atomic E-state index is 0.391. The molecule has 0 saturated carbocycles. The van der Waals surface area contributed by atoms with E-state index in [9.17, 15) is 0 Å². The van der Waals surface area contributed by atoms with Crippen LogP contribution in [-0.4, -0.2) is 23.1 Å². The van der Waals surface area contributed by atoms with Gasteiger partial charge in [-0.3, -0.25) is 0 Å². The highest BCUT2D eigenvalue weighted by molar-refractivity contribution is 7.16. The van der Waals surface area contributed by atoms with Crippen molar-refractivity contribution < 1.29 is 0 Å². The first-order valence-electron chi connectivity index (χ1n) is 6.60. The summed E-state index contributed by atoms with van der Waals surface area (Å²) in [6.45, 7) is 2.17. The van der Waals surface area contributed by atoms with Crippen LogP contribution >= 0.6 is 11.3 Å². The second kappa shape index (κ2) is 5.10. The lowest BCUT2D eigenvalue weighted by Gasteiger charge is -2.26. The Morgan fingerprint density at radius 2 is 1.78 bits per heavy atom. The lowest BCUT2D eigenvalue weighted by atomic mass is 10.1. The number of hydrogen-bond donors (Lipinski definition) is 1. The average Bonchev–Trinajstić information content (AvgIpc) is 2.75. The molecule has 2 aromatic heterocycles. The van der Waals surface area contributed by atoms with E-state index >= 15 is 0 Å². The van der Waals surface area contributed by atoms with Crippen molar-refractivity contribution in [1.29, 1.82) is 0 Å². The van der Waals surface area contributed by atoms with Crippen molar-refractivity contribution in [2.75, 3.05) is 23.7 Å². The molecule has 1 aliphatic rings. The van der Waals surface area contributed by atoms with Gasteiger partial charge in [0.25, 0.3) is 0 Å². The Labute approximate surface area is 111 Å². The minimum atomic E-state index is 0.391. The number of anilines is 2. The van der Waals surface area contributed by atoms with Crippen molar-refractivity contribution in [2.24, 2.45) is 0 Å². The van der Waals surface area contributed by atoms with E-state index in [4.69, 9.17) is 5.73 Å². The molecular weight excluding hydrogens is 244 g/mol. The smallest absolute Gasteiger partial charge is 0.223 e. The Morgan fingerprint density at radius 1 is 1.06 bits per heavy atom. The van der Waals surface area contributed by atoms with Gasteiger partial charge in [0.05, 0.1) is 5.39 Å². The maximum Gasteiger partial charge on any atom is 0.223 e. The van der Waals surface area contributed by atoms with E-state index in [0.717, 1.165) is 29.1 Å². The first-order valence-corrected chi connectivity index (χ1v) is 7.48. The molecule has 1 aliphatic heterocycles. The normalized spacial score (nSPS) is 17.7. The van der Waals surface area contributed by atoms with E-state index in [1.165, 1.54) is 32.1 Å². The number of rotatable bonds is 1. The third kappa shape index (κ3) is 2.27. The molecule has 0 aromatic carbocycles. The lowest BCUT2D eigenvalue weighted by molar-refractivity contribution is 0.554. The molecule has 0 aliphatic carbocycles. The van der Waals surface area contributed by atoms with Crippen molar-refractivity contribution in [3.8, 4) is 0 Å². The summed E-state index contributed by atoms with van der Waals surface area (Å²) in [5, 5.41) is 3.21. The Kier molecular flexibility index (Phi) is 3.32. The number of fused-ring (bicyclic) bond motifs is 1. The highest BCUT2D eigenvalue weighted by Crippen LogP contribution is 2.29. The molecule has 0 bridgehead atoms. The van der Waals surface area contributed by atoms with E-state index in [2.05, 4.69) is 26.3 Å². The predicted molar refractivity (Wildman–Crippen MR) is 77.1 cm³/mol. The summed E-state index contributed by atoms with van der Waals surface area (Å²) in [4.78, 5) is 12.1. The number of hydrogen-bond acceptors (Lipinski definition) is 5. The summed E-state index contributed by atoms with van der Waals surface area (Å²) in [5.41, 5.74) is 5.82. The van der Waals surface area contributed by atoms with Gasteiger partial charge < -0.3 is 10.6 Å². The second-order valence-corrected chi connectivity index (χ2v) is 5.69. The van der Waals surface area contributed by atoms with Gasteiger partial charge in [0.1, 0.15) is 10.6 Å². The van der Waals surface area contributed by atoms with Gasteiger partial charge in [-0.15, -0.1) is 11.3 Å². The van der Waals surface area contributed by atoms with Gasteiger partial charge in [-0.05, 0) is 24.3 Å². The maximum absolute atomic E-state index is 5.82. The van der Waals surface area contributed by atoms with Crippen molar-refractivity contribution in [2.45, 2.75) is 32.1 Å². The lowest BCUT2D eigenvalue weighted by Crippen LogP contribution is -2.28. The van der Waals surface area contributed by atoms with E-state index in [0.29, 0.717) is 5.95 Å². The van der Waals surface area contributed by atoms with Crippen LogP contribution in [0.2, 0.25) is 0 Å². The molecule has 3 rings (SSSR count). The topological polar surface area (TPSA) is 55.0 Å². The predicted octanol–water partition coefficient (Wildman–Crippen LogP) is 3.04. The third-order valence-electron chi connectivity index (χ3n) is 3.48. The molecule has 5 heteroatoms. The standard InChI is InChI=1S/C13H18N4S/c14-13-15-11(10-6-9-18-12(10)16-13)17-7-4-2-1-3-5-8-17/h6,9H,1-5,7-8H2,(H2,14,15,16). The molecule has 96 valence electrons. The molecule has 18 heavy (non-hydrogen) atoms. The first kappa shape index (κ1) is 11.7. The highest BCUT2D eigenvalue weighted by atomic mass is 32.1. The number of aromatic nitrogens is 2. The van der Waals surface area contributed by atoms with Crippen LogP contribution in [0.25, 0.3) is 10.2 Å². The van der Waals surface area contributed by atoms with Gasteiger partial charge >= 0.3 is 0 Å². The van der Waals surface area contributed by atoms with Crippen molar-refractivity contribution >= 4 is 33.3 Å². The second-order valence-electron chi connectivity index (χ2n) is 4.80. The molecule has 4 nitrogen and oxygen atoms in total. The van der Waals surface area contributed by atoms with E-state index in [1.54, 1.807) is 11.3 Å². The summed E-state index contributed by atoms with van der Waals surface area (Å²) in [5.74, 6) is 1.42. The SMILES string of the molecule is Nc1nc(N2CCCCCCC2)c2ccsc2n1. The average molecular weight is 262 g/mol. The molecule has 1 fully saturated rings. The zero-order valence-corrected chi connectivity index (χ0v) is 11.2. The maximum atomic E-state index is 5.82. The van der Waals surface area contributed by atoms with Gasteiger partial charge in [-0.1, -0.05) is 19.3 Å². The Bertz CT molecular complexity index is 529. The quantitative estimate of drug-likeness (QED) is 0.858. The number of nitrogens with two attached hydrogens (primary N) is 1. The fourth-order valence-corrected chi connectivity index (χ4v) is 3.32. The van der Waals surface area contributed by atoms with Gasteiger partial charge in [0.15, 0.2) is 0 Å². The van der Waals surface area contributed by atoms with Gasteiger partial charge in [0, 0.05) is 13.1 Å². The molecule has 0 atom stereocenters. The Balaban J connectivity index is 1.98. The summed E-state index contributed by atoms with van der Waals surface area (Å²) < 4.78 is 0. The van der Waals surface area contributed by atoms with Crippen LogP contribution in [0.5, 0.6) is 0 Å². The first-order chi connectivity index (χ1) is 8.84. The molecule has 0 spiro atoms. The Hall–Kier alpha value is -1.36. The fourth-order valence-electron chi connectivity index (χ4n) is 2.56. The van der Waals surface area contributed by atoms with Crippen LogP contribution in [0, 0.1) is 0 Å². The summed E-state index contributed by atoms with van der Waals surface area (Å²) in [7, 11) is 0. The largest absolute Gasteiger partial charge is 0.368 e. The molecule has 2 N–H and O–H groups in total. The molecule has 2 aromatic rings. The zero-order chi connectivity index (χ0) is 12.4. The third-order valence-corrected chi connectivity index (χ3v) is 4.28. The van der Waals surface area contributed by atoms with Crippen molar-refractivity contribution in [3.05, 3.63) is 11.4 Å². The number of nitrogen functional groups attached to an aromatic ring is 1. The number of nitrogens with zero attached hydrogens (tertiary/aromatic N) is 3. The molecule has 3 heterocycles.